The summed E-state index contributed by atoms with van der Waals surface area (Å²) in [5.41, 5.74) is 3.87. The largest absolute Gasteiger partial charge is 0.367 e. The fraction of sp³-hybridized carbons (Fsp3) is 0.444. The highest BCUT2D eigenvalue weighted by atomic mass is 32.1. The van der Waals surface area contributed by atoms with E-state index in [1.165, 1.54) is 16.7 Å². The third kappa shape index (κ3) is 3.94. The number of aromatic nitrogens is 1. The Morgan fingerprint density at radius 1 is 1.42 bits per heavy atom. The molecule has 0 saturated carbocycles. The average Bonchev–Trinajstić information content (AvgIpc) is 3.12. The van der Waals surface area contributed by atoms with Crippen LogP contribution < -0.4 is 5.32 Å². The monoisotopic (exact) mass is 345 g/mol. The number of thiazole rings is 1. The van der Waals surface area contributed by atoms with Gasteiger partial charge in [-0.05, 0) is 37.0 Å². The van der Waals surface area contributed by atoms with Crippen LogP contribution in [0.15, 0.2) is 29.8 Å². The maximum Gasteiger partial charge on any atom is 0.317 e. The van der Waals surface area contributed by atoms with Gasteiger partial charge in [0.1, 0.15) is 11.1 Å². The van der Waals surface area contributed by atoms with Gasteiger partial charge in [0, 0.05) is 24.7 Å². The van der Waals surface area contributed by atoms with Gasteiger partial charge in [-0.2, -0.15) is 0 Å². The van der Waals surface area contributed by atoms with Crippen LogP contribution in [0, 0.1) is 13.8 Å². The highest BCUT2D eigenvalue weighted by molar-refractivity contribution is 7.09. The molecule has 1 fully saturated rings. The molecule has 3 rings (SSSR count). The van der Waals surface area contributed by atoms with Crippen molar-refractivity contribution in [1.82, 2.24) is 15.2 Å². The van der Waals surface area contributed by atoms with Crippen molar-refractivity contribution >= 4 is 17.4 Å². The molecule has 2 aromatic rings. The van der Waals surface area contributed by atoms with E-state index < -0.39 is 0 Å². The molecule has 0 aliphatic carbocycles. The number of rotatable bonds is 4. The third-order valence-electron chi connectivity index (χ3n) is 4.38. The standard InChI is InChI=1S/C18H23N3O2S/c1-13-4-3-5-14(2)15(13)6-7-20-18(22)21-9-10-23-16(12-21)17-19-8-11-24-17/h3-5,8,11,16H,6-7,9-10,12H2,1-2H3,(H,20,22). The smallest absolute Gasteiger partial charge is 0.317 e. The molecule has 1 atom stereocenters. The van der Waals surface area contributed by atoms with E-state index >= 15 is 0 Å². The number of urea groups is 1. The van der Waals surface area contributed by atoms with Crippen molar-refractivity contribution in [2.24, 2.45) is 0 Å². The first-order valence-electron chi connectivity index (χ1n) is 8.24. The fourth-order valence-electron chi connectivity index (χ4n) is 3.03. The zero-order chi connectivity index (χ0) is 16.9. The fourth-order valence-corrected chi connectivity index (χ4v) is 3.70. The van der Waals surface area contributed by atoms with Gasteiger partial charge in [0.05, 0.1) is 13.2 Å². The van der Waals surface area contributed by atoms with Crippen molar-refractivity contribution in [3.8, 4) is 0 Å². The van der Waals surface area contributed by atoms with Gasteiger partial charge in [-0.1, -0.05) is 18.2 Å². The van der Waals surface area contributed by atoms with Crippen molar-refractivity contribution in [1.29, 1.82) is 0 Å². The summed E-state index contributed by atoms with van der Waals surface area (Å²) in [4.78, 5) is 18.5. The number of nitrogens with zero attached hydrogens (tertiary/aromatic N) is 2. The third-order valence-corrected chi connectivity index (χ3v) is 5.24. The zero-order valence-electron chi connectivity index (χ0n) is 14.1. The molecule has 1 aliphatic rings. The van der Waals surface area contributed by atoms with Crippen molar-refractivity contribution in [3.63, 3.8) is 0 Å². The molecular formula is C18H23N3O2S. The normalized spacial score (nSPS) is 17.8. The van der Waals surface area contributed by atoms with E-state index in [4.69, 9.17) is 4.74 Å². The summed E-state index contributed by atoms with van der Waals surface area (Å²) in [6.45, 7) is 6.60. The number of aryl methyl sites for hydroxylation is 2. The van der Waals surface area contributed by atoms with Gasteiger partial charge in [-0.3, -0.25) is 0 Å². The number of benzene rings is 1. The Morgan fingerprint density at radius 3 is 2.92 bits per heavy atom. The quantitative estimate of drug-likeness (QED) is 0.926. The number of amides is 2. The lowest BCUT2D eigenvalue weighted by Gasteiger charge is -2.32. The summed E-state index contributed by atoms with van der Waals surface area (Å²) in [6.07, 6.45) is 2.51. The Balaban J connectivity index is 1.51. The van der Waals surface area contributed by atoms with E-state index in [-0.39, 0.29) is 12.1 Å². The number of ether oxygens (including phenoxy) is 1. The molecule has 1 N–H and O–H groups in total. The van der Waals surface area contributed by atoms with Gasteiger partial charge in [-0.25, -0.2) is 9.78 Å². The minimum absolute atomic E-state index is 0.0221. The first-order chi connectivity index (χ1) is 11.6. The van der Waals surface area contributed by atoms with Crippen LogP contribution in [0.2, 0.25) is 0 Å². The second kappa shape index (κ2) is 7.77. The Labute approximate surface area is 146 Å². The van der Waals surface area contributed by atoms with E-state index in [2.05, 4.69) is 42.3 Å². The minimum Gasteiger partial charge on any atom is -0.367 e. The van der Waals surface area contributed by atoms with Crippen LogP contribution in [0.5, 0.6) is 0 Å². The lowest BCUT2D eigenvalue weighted by molar-refractivity contribution is -0.0154. The van der Waals surface area contributed by atoms with Gasteiger partial charge < -0.3 is 15.0 Å². The van der Waals surface area contributed by atoms with Gasteiger partial charge in [-0.15, -0.1) is 11.3 Å². The molecule has 6 heteroatoms. The van der Waals surface area contributed by atoms with Crippen LogP contribution in [0.4, 0.5) is 4.79 Å². The van der Waals surface area contributed by atoms with Crippen LogP contribution in [0.1, 0.15) is 27.8 Å². The molecule has 2 heterocycles. The van der Waals surface area contributed by atoms with Crippen LogP contribution in [-0.2, 0) is 11.2 Å². The highest BCUT2D eigenvalue weighted by Gasteiger charge is 2.26. The molecule has 1 unspecified atom stereocenters. The van der Waals surface area contributed by atoms with Crippen LogP contribution in [0.3, 0.4) is 0 Å². The number of carbonyl (C=O) groups excluding carboxylic acids is 1. The summed E-state index contributed by atoms with van der Waals surface area (Å²) in [7, 11) is 0. The SMILES string of the molecule is Cc1cccc(C)c1CCNC(=O)N1CCOC(c2nccs2)C1. The average molecular weight is 345 g/mol. The topological polar surface area (TPSA) is 54.5 Å². The molecule has 1 aromatic carbocycles. The first-order valence-corrected chi connectivity index (χ1v) is 9.12. The number of hydrogen-bond acceptors (Lipinski definition) is 4. The molecule has 1 aromatic heterocycles. The Hall–Kier alpha value is -1.92. The zero-order valence-corrected chi connectivity index (χ0v) is 14.9. The van der Waals surface area contributed by atoms with E-state index in [9.17, 15) is 4.79 Å². The molecule has 1 saturated heterocycles. The Morgan fingerprint density at radius 2 is 2.21 bits per heavy atom. The predicted octanol–water partition coefficient (Wildman–Crippen LogP) is 3.09. The molecule has 0 bridgehead atoms. The molecule has 128 valence electrons. The molecule has 0 radical (unpaired) electrons. The van der Waals surface area contributed by atoms with Gasteiger partial charge in [0.15, 0.2) is 0 Å². The second-order valence-electron chi connectivity index (χ2n) is 6.03. The molecule has 24 heavy (non-hydrogen) atoms. The van der Waals surface area contributed by atoms with Gasteiger partial charge >= 0.3 is 6.03 Å². The maximum absolute atomic E-state index is 12.4. The van der Waals surface area contributed by atoms with Crippen LogP contribution in [0.25, 0.3) is 0 Å². The first kappa shape index (κ1) is 16.9. The van der Waals surface area contributed by atoms with Crippen molar-refractivity contribution in [2.45, 2.75) is 26.4 Å². The summed E-state index contributed by atoms with van der Waals surface area (Å²) in [5, 5.41) is 5.90. The predicted molar refractivity (Wildman–Crippen MR) is 95.4 cm³/mol. The number of hydrogen-bond donors (Lipinski definition) is 1. The van der Waals surface area contributed by atoms with Crippen molar-refractivity contribution in [3.05, 3.63) is 51.5 Å². The number of carbonyl (C=O) groups is 1. The van der Waals surface area contributed by atoms with E-state index in [1.807, 2.05) is 10.3 Å². The molecule has 1 aliphatic heterocycles. The van der Waals surface area contributed by atoms with Crippen LogP contribution >= 0.6 is 11.3 Å². The van der Waals surface area contributed by atoms with E-state index in [1.54, 1.807) is 17.5 Å². The molecule has 0 spiro atoms. The molecular weight excluding hydrogens is 322 g/mol. The Bertz CT molecular complexity index is 667. The minimum atomic E-state index is -0.108. The summed E-state index contributed by atoms with van der Waals surface area (Å²) >= 11 is 1.57. The molecule has 2 amide bonds. The molecule has 5 nitrogen and oxygen atoms in total. The summed E-state index contributed by atoms with van der Waals surface area (Å²) in [6, 6.07) is 6.28. The summed E-state index contributed by atoms with van der Waals surface area (Å²) in [5.74, 6) is 0. The lowest BCUT2D eigenvalue weighted by atomic mass is 10.0. The van der Waals surface area contributed by atoms with Crippen molar-refractivity contribution in [2.75, 3.05) is 26.2 Å². The van der Waals surface area contributed by atoms with E-state index in [0.717, 1.165) is 11.4 Å². The second-order valence-corrected chi connectivity index (χ2v) is 6.95. The van der Waals surface area contributed by atoms with Crippen molar-refractivity contribution < 1.29 is 9.53 Å². The Kier molecular flexibility index (Phi) is 5.48. The number of nitrogens with one attached hydrogen (secondary N) is 1. The lowest BCUT2D eigenvalue weighted by Crippen LogP contribution is -2.47. The van der Waals surface area contributed by atoms with E-state index in [0.29, 0.717) is 26.2 Å². The van der Waals surface area contributed by atoms with Crippen LogP contribution in [-0.4, -0.2) is 42.2 Å². The number of morpholine rings is 1. The highest BCUT2D eigenvalue weighted by Crippen LogP contribution is 2.23. The summed E-state index contributed by atoms with van der Waals surface area (Å²) < 4.78 is 5.73. The van der Waals surface area contributed by atoms with Gasteiger partial charge in [0.25, 0.3) is 0 Å². The van der Waals surface area contributed by atoms with Gasteiger partial charge in [0.2, 0.25) is 0 Å². The maximum atomic E-state index is 12.4.